The molecule has 4 aliphatic rings. The van der Waals surface area contributed by atoms with Gasteiger partial charge < -0.3 is 4.74 Å². The molecule has 3 nitrogen and oxygen atoms in total. The highest BCUT2D eigenvalue weighted by molar-refractivity contribution is 9.09. The van der Waals surface area contributed by atoms with Crippen molar-refractivity contribution in [3.05, 3.63) is 0 Å². The van der Waals surface area contributed by atoms with Crippen LogP contribution in [0, 0.1) is 34.5 Å². The molecule has 0 radical (unpaired) electrons. The average Bonchev–Trinajstić information content (AvgIpc) is 2.92. The summed E-state index contributed by atoms with van der Waals surface area (Å²) in [5.74, 6) is 3.21. The number of carbonyl (C=O) groups excluding carboxylic acids is 2. The lowest BCUT2D eigenvalue weighted by molar-refractivity contribution is -0.161. The van der Waals surface area contributed by atoms with Gasteiger partial charge in [-0.25, -0.2) is 0 Å². The van der Waals surface area contributed by atoms with Crippen LogP contribution in [0.5, 0.6) is 0 Å². The third-order valence-electron chi connectivity index (χ3n) is 8.78. The summed E-state index contributed by atoms with van der Waals surface area (Å²) in [4.78, 5) is 23.8. The van der Waals surface area contributed by atoms with Crippen molar-refractivity contribution >= 4 is 27.7 Å². The maximum absolute atomic E-state index is 12.0. The highest BCUT2D eigenvalue weighted by atomic mass is 79.9. The Kier molecular flexibility index (Phi) is 4.57. The molecule has 25 heavy (non-hydrogen) atoms. The fourth-order valence-electron chi connectivity index (χ4n) is 7.38. The Bertz CT molecular complexity index is 575. The molecule has 4 fully saturated rings. The second-order valence-corrected chi connectivity index (χ2v) is 10.2. The van der Waals surface area contributed by atoms with Crippen molar-refractivity contribution in [1.82, 2.24) is 0 Å². The van der Waals surface area contributed by atoms with Crippen molar-refractivity contribution in [1.29, 1.82) is 0 Å². The lowest BCUT2D eigenvalue weighted by Gasteiger charge is -2.60. The summed E-state index contributed by atoms with van der Waals surface area (Å²) in [7, 11) is 0. The molecule has 7 atom stereocenters. The minimum Gasteiger partial charge on any atom is -0.461 e. The number of esters is 1. The summed E-state index contributed by atoms with van der Waals surface area (Å²) < 4.78 is 5.83. The third kappa shape index (κ3) is 2.73. The van der Waals surface area contributed by atoms with Crippen molar-refractivity contribution in [3.8, 4) is 0 Å². The van der Waals surface area contributed by atoms with E-state index in [-0.39, 0.29) is 17.5 Å². The van der Waals surface area contributed by atoms with E-state index in [0.29, 0.717) is 28.4 Å². The molecule has 0 saturated heterocycles. The molecule has 0 aromatic carbocycles. The first-order chi connectivity index (χ1) is 11.9. The number of rotatable bonds is 2. The van der Waals surface area contributed by atoms with E-state index in [1.165, 1.54) is 32.1 Å². The van der Waals surface area contributed by atoms with Gasteiger partial charge in [0.25, 0.3) is 0 Å². The molecular formula is C21H31BrO3. The molecule has 0 N–H and O–H groups in total. The van der Waals surface area contributed by atoms with Crippen molar-refractivity contribution in [2.45, 2.75) is 77.7 Å². The van der Waals surface area contributed by atoms with E-state index in [4.69, 9.17) is 4.74 Å². The van der Waals surface area contributed by atoms with Crippen LogP contribution in [0.1, 0.15) is 71.6 Å². The highest BCUT2D eigenvalue weighted by Gasteiger charge is 2.61. The Hall–Kier alpha value is -0.380. The quantitative estimate of drug-likeness (QED) is 0.479. The van der Waals surface area contributed by atoms with E-state index in [9.17, 15) is 9.59 Å². The zero-order chi connectivity index (χ0) is 17.8. The number of carbonyl (C=O) groups is 2. The van der Waals surface area contributed by atoms with E-state index in [1.807, 2.05) is 0 Å². The molecule has 4 rings (SSSR count). The Balaban J connectivity index is 1.56. The minimum absolute atomic E-state index is 0.0990. The Morgan fingerprint density at radius 1 is 1.08 bits per heavy atom. The van der Waals surface area contributed by atoms with Gasteiger partial charge >= 0.3 is 5.97 Å². The number of halogens is 1. The highest BCUT2D eigenvalue weighted by Crippen LogP contribution is 2.66. The molecule has 0 aromatic heterocycles. The first-order valence-corrected chi connectivity index (χ1v) is 11.3. The second kappa shape index (κ2) is 6.35. The number of ketones is 1. The molecule has 140 valence electrons. The molecular weight excluding hydrogens is 380 g/mol. The molecule has 2 unspecified atom stereocenters. The van der Waals surface area contributed by atoms with E-state index in [1.54, 1.807) is 0 Å². The Morgan fingerprint density at radius 2 is 1.84 bits per heavy atom. The maximum atomic E-state index is 12.0. The van der Waals surface area contributed by atoms with Crippen LogP contribution in [0.4, 0.5) is 0 Å². The summed E-state index contributed by atoms with van der Waals surface area (Å²) in [5.41, 5.74) is 0.523. The molecule has 4 heteroatoms. The fourth-order valence-corrected chi connectivity index (χ4v) is 7.51. The normalized spacial score (nSPS) is 49.1. The van der Waals surface area contributed by atoms with Gasteiger partial charge in [0.05, 0.1) is 0 Å². The monoisotopic (exact) mass is 410 g/mol. The van der Waals surface area contributed by atoms with Gasteiger partial charge in [0.15, 0.2) is 0 Å². The number of alkyl halides is 1. The number of ether oxygens (including phenoxy) is 1. The second-order valence-electron chi connectivity index (χ2n) is 9.63. The summed E-state index contributed by atoms with van der Waals surface area (Å²) in [6, 6.07) is 0. The van der Waals surface area contributed by atoms with Crippen molar-refractivity contribution in [2.24, 2.45) is 34.5 Å². The number of hydrogen-bond donors (Lipinski definition) is 0. The minimum atomic E-state index is -0.115. The SMILES string of the molecule is C[C@]12CCC(=O)CC1CC[C@@H]1[C@H]2CC[C@]2(C)C(OC(=O)CBr)CC[C@@H]12. The number of Topliss-reactive ketones (excluding diaryl/α,β-unsaturated/α-hetero) is 1. The van der Waals surface area contributed by atoms with Crippen LogP contribution in [0.15, 0.2) is 0 Å². The standard InChI is InChI=1S/C21H31BrO3/c1-20-9-7-14(23)11-13(20)3-4-15-16-5-6-18(25-19(24)12-22)21(16,2)10-8-17(15)20/h13,15-18H,3-12H2,1-2H3/t13?,15-,16-,17+,18?,20-,21-/m0/s1. The molecule has 0 heterocycles. The van der Waals surface area contributed by atoms with Crippen LogP contribution >= 0.6 is 15.9 Å². The van der Waals surface area contributed by atoms with Crippen LogP contribution in [-0.2, 0) is 14.3 Å². The first-order valence-electron chi connectivity index (χ1n) is 10.2. The predicted octanol–water partition coefficient (Wildman–Crippen LogP) is 4.90. The zero-order valence-electron chi connectivity index (χ0n) is 15.6. The van der Waals surface area contributed by atoms with Crippen LogP contribution in [0.25, 0.3) is 0 Å². The topological polar surface area (TPSA) is 43.4 Å². The van der Waals surface area contributed by atoms with Crippen LogP contribution < -0.4 is 0 Å². The molecule has 0 spiro atoms. The molecule has 0 amide bonds. The Labute approximate surface area is 159 Å². The van der Waals surface area contributed by atoms with Gasteiger partial charge in [0.2, 0.25) is 0 Å². The number of fused-ring (bicyclic) bond motifs is 5. The van der Waals surface area contributed by atoms with E-state index >= 15 is 0 Å². The lowest BCUT2D eigenvalue weighted by Crippen LogP contribution is -2.54. The van der Waals surface area contributed by atoms with Crippen LogP contribution in [-0.4, -0.2) is 23.2 Å². The zero-order valence-corrected chi connectivity index (χ0v) is 17.1. The van der Waals surface area contributed by atoms with Gasteiger partial charge in [-0.2, -0.15) is 0 Å². The summed E-state index contributed by atoms with van der Waals surface area (Å²) in [6.45, 7) is 4.87. The number of hydrogen-bond acceptors (Lipinski definition) is 3. The van der Waals surface area contributed by atoms with E-state index < -0.39 is 0 Å². The van der Waals surface area contributed by atoms with Crippen molar-refractivity contribution < 1.29 is 14.3 Å². The van der Waals surface area contributed by atoms with Crippen molar-refractivity contribution in [3.63, 3.8) is 0 Å². The van der Waals surface area contributed by atoms with Gasteiger partial charge in [-0.15, -0.1) is 0 Å². The largest absolute Gasteiger partial charge is 0.461 e. The Morgan fingerprint density at radius 3 is 2.60 bits per heavy atom. The van der Waals surface area contributed by atoms with Gasteiger partial charge in [0, 0.05) is 18.3 Å². The van der Waals surface area contributed by atoms with Crippen LogP contribution in [0.3, 0.4) is 0 Å². The van der Waals surface area contributed by atoms with Crippen LogP contribution in [0.2, 0.25) is 0 Å². The molecule has 0 aromatic rings. The smallest absolute Gasteiger partial charge is 0.316 e. The molecule has 0 bridgehead atoms. The fraction of sp³-hybridized carbons (Fsp3) is 0.905. The van der Waals surface area contributed by atoms with Crippen molar-refractivity contribution in [2.75, 3.05) is 5.33 Å². The summed E-state index contributed by atoms with van der Waals surface area (Å²) in [6.07, 6.45) is 9.98. The molecule has 0 aliphatic heterocycles. The molecule has 4 saturated carbocycles. The lowest BCUT2D eigenvalue weighted by atomic mass is 9.45. The molecule has 4 aliphatic carbocycles. The average molecular weight is 411 g/mol. The summed E-state index contributed by atoms with van der Waals surface area (Å²) in [5, 5.41) is 0.296. The van der Waals surface area contributed by atoms with Gasteiger partial charge in [-0.3, -0.25) is 9.59 Å². The van der Waals surface area contributed by atoms with Gasteiger partial charge in [-0.05, 0) is 74.0 Å². The predicted molar refractivity (Wildman–Crippen MR) is 100 cm³/mol. The maximum Gasteiger partial charge on any atom is 0.316 e. The first kappa shape index (κ1) is 18.0. The summed E-state index contributed by atoms with van der Waals surface area (Å²) >= 11 is 3.23. The van der Waals surface area contributed by atoms with Gasteiger partial charge in [0.1, 0.15) is 17.2 Å². The van der Waals surface area contributed by atoms with E-state index in [0.717, 1.165) is 37.5 Å². The van der Waals surface area contributed by atoms with E-state index in [2.05, 4.69) is 29.8 Å². The third-order valence-corrected chi connectivity index (χ3v) is 9.24. The van der Waals surface area contributed by atoms with Gasteiger partial charge in [-0.1, -0.05) is 29.8 Å².